The summed E-state index contributed by atoms with van der Waals surface area (Å²) in [4.78, 5) is 54.0. The van der Waals surface area contributed by atoms with Crippen LogP contribution in [0, 0.1) is 20.2 Å². The maximum atomic E-state index is 12.6. The van der Waals surface area contributed by atoms with Gasteiger partial charge in [-0.25, -0.2) is 4.79 Å². The van der Waals surface area contributed by atoms with Gasteiger partial charge in [0, 0.05) is 17.3 Å². The second-order valence-corrected chi connectivity index (χ2v) is 6.62. The van der Waals surface area contributed by atoms with Crippen molar-refractivity contribution >= 4 is 34.8 Å². The fourth-order valence-corrected chi connectivity index (χ4v) is 2.52. The van der Waals surface area contributed by atoms with Crippen molar-refractivity contribution in [3.8, 4) is 11.5 Å². The fourth-order valence-electron chi connectivity index (χ4n) is 2.38. The minimum absolute atomic E-state index is 0.130. The number of anilines is 1. The monoisotopic (exact) mass is 480 g/mol. The topological polar surface area (TPSA) is 209 Å². The van der Waals surface area contributed by atoms with Crippen LogP contribution in [0.1, 0.15) is 22.3 Å². The van der Waals surface area contributed by atoms with Gasteiger partial charge in [0.25, 0.3) is 10.2 Å². The third-order valence-corrected chi connectivity index (χ3v) is 4.03. The van der Waals surface area contributed by atoms with Crippen LogP contribution >= 0.6 is 12.2 Å². The van der Waals surface area contributed by atoms with Crippen LogP contribution in [0.2, 0.25) is 0 Å². The molecule has 0 bridgehead atoms. The van der Waals surface area contributed by atoms with E-state index in [1.165, 1.54) is 36.4 Å². The van der Waals surface area contributed by atoms with Gasteiger partial charge in [0.05, 0.1) is 6.42 Å². The molecule has 0 aliphatic heterocycles. The molecule has 0 fully saturated rings. The van der Waals surface area contributed by atoms with E-state index in [2.05, 4.69) is 9.68 Å². The van der Waals surface area contributed by atoms with Gasteiger partial charge < -0.3 is 30.6 Å². The molecule has 0 aliphatic carbocycles. The molecular weight excluding hydrogens is 464 g/mol. The number of esters is 2. The van der Waals surface area contributed by atoms with Crippen LogP contribution in [0.3, 0.4) is 0 Å². The van der Waals surface area contributed by atoms with Gasteiger partial charge in [-0.05, 0) is 36.4 Å². The second-order valence-electron chi connectivity index (χ2n) is 6.18. The largest absolute Gasteiger partial charge is 0.425 e. The lowest BCUT2D eigenvalue weighted by Crippen LogP contribution is -2.29. The zero-order chi connectivity index (χ0) is 24.5. The van der Waals surface area contributed by atoms with E-state index in [0.29, 0.717) is 5.56 Å². The number of carbonyl (C=O) groups is 2. The van der Waals surface area contributed by atoms with Gasteiger partial charge in [0.2, 0.25) is 0 Å². The van der Waals surface area contributed by atoms with E-state index in [0.717, 1.165) is 6.07 Å². The lowest BCUT2D eigenvalue weighted by atomic mass is 10.1. The molecule has 15 heteroatoms. The Hall–Kier alpha value is -4.53. The minimum atomic E-state index is -1.64. The zero-order valence-corrected chi connectivity index (χ0v) is 17.4. The Balaban J connectivity index is 2.14. The molecular formula is C18H16N4O10S. The van der Waals surface area contributed by atoms with Gasteiger partial charge >= 0.3 is 11.9 Å². The van der Waals surface area contributed by atoms with E-state index >= 15 is 0 Å². The van der Waals surface area contributed by atoms with Crippen molar-refractivity contribution in [1.82, 2.24) is 0 Å². The maximum absolute atomic E-state index is 12.6. The molecule has 0 amide bonds. The number of thiocarbonyl (C=S) groups is 1. The van der Waals surface area contributed by atoms with E-state index in [-0.39, 0.29) is 27.7 Å². The van der Waals surface area contributed by atoms with Gasteiger partial charge in [-0.3, -0.25) is 4.79 Å². The molecule has 0 spiro atoms. The van der Waals surface area contributed by atoms with Crippen molar-refractivity contribution in [2.24, 2.45) is 5.73 Å². The van der Waals surface area contributed by atoms with Crippen LogP contribution in [0.4, 0.5) is 5.69 Å². The summed E-state index contributed by atoms with van der Waals surface area (Å²) in [5.74, 6) is -2.19. The number of benzene rings is 2. The number of hydrogen-bond acceptors (Lipinski definition) is 12. The first-order valence-corrected chi connectivity index (χ1v) is 9.26. The second kappa shape index (κ2) is 11.2. The van der Waals surface area contributed by atoms with Crippen LogP contribution in [-0.4, -0.2) is 39.8 Å². The molecule has 14 nitrogen and oxygen atoms in total. The third-order valence-electron chi connectivity index (χ3n) is 3.79. The van der Waals surface area contributed by atoms with Crippen molar-refractivity contribution in [2.45, 2.75) is 12.5 Å². The molecule has 2 rings (SSSR count). The van der Waals surface area contributed by atoms with Crippen LogP contribution in [0.5, 0.6) is 11.5 Å². The Morgan fingerprint density at radius 2 is 1.70 bits per heavy atom. The molecule has 33 heavy (non-hydrogen) atoms. The highest BCUT2D eigenvalue weighted by Gasteiger charge is 2.23. The number of carbonyl (C=O) groups excluding carboxylic acids is 2. The van der Waals surface area contributed by atoms with Crippen LogP contribution in [-0.2, 0) is 14.5 Å². The van der Waals surface area contributed by atoms with Gasteiger partial charge in [0.1, 0.15) is 34.8 Å². The summed E-state index contributed by atoms with van der Waals surface area (Å²) in [5, 5.41) is 18.4. The summed E-state index contributed by atoms with van der Waals surface area (Å²) in [5.41, 5.74) is 11.7. The molecule has 2 aromatic carbocycles. The van der Waals surface area contributed by atoms with E-state index < -0.39 is 41.2 Å². The summed E-state index contributed by atoms with van der Waals surface area (Å²) in [7, 11) is 0. The van der Waals surface area contributed by atoms with Gasteiger partial charge in [0.15, 0.2) is 0 Å². The smallest absolute Gasteiger partial charge is 0.347 e. The fraction of sp³-hybridized carbons (Fsp3) is 0.167. The average Bonchev–Trinajstić information content (AvgIpc) is 2.72. The molecule has 0 radical (unpaired) electrons. The van der Waals surface area contributed by atoms with Crippen molar-refractivity contribution in [3.63, 3.8) is 0 Å². The maximum Gasteiger partial charge on any atom is 0.347 e. The predicted molar refractivity (Wildman–Crippen MR) is 113 cm³/mol. The molecule has 1 atom stereocenters. The molecule has 2 aromatic rings. The number of ether oxygens (including phenoxy) is 2. The van der Waals surface area contributed by atoms with Crippen molar-refractivity contribution < 1.29 is 38.9 Å². The Kier molecular flexibility index (Phi) is 8.39. The first kappa shape index (κ1) is 24.7. The molecule has 0 saturated heterocycles. The van der Waals surface area contributed by atoms with Crippen molar-refractivity contribution in [1.29, 1.82) is 0 Å². The van der Waals surface area contributed by atoms with Crippen LogP contribution < -0.4 is 20.9 Å². The molecule has 1 unspecified atom stereocenters. The van der Waals surface area contributed by atoms with Gasteiger partial charge in [-0.2, -0.15) is 0 Å². The highest BCUT2D eigenvalue weighted by molar-refractivity contribution is 7.80. The van der Waals surface area contributed by atoms with Gasteiger partial charge in [-0.1, -0.05) is 12.2 Å². The van der Waals surface area contributed by atoms with E-state index in [1.54, 1.807) is 0 Å². The molecule has 0 saturated carbocycles. The lowest BCUT2D eigenvalue weighted by Gasteiger charge is -2.14. The summed E-state index contributed by atoms with van der Waals surface area (Å²) < 4.78 is 10.3. The molecule has 4 N–H and O–H groups in total. The summed E-state index contributed by atoms with van der Waals surface area (Å²) in [6.07, 6.45) is -2.44. The average molecular weight is 480 g/mol. The van der Waals surface area contributed by atoms with Gasteiger partial charge in [-0.15, -0.1) is 20.2 Å². The predicted octanol–water partition coefficient (Wildman–Crippen LogP) is 1.20. The number of nitrogen functional groups attached to an aromatic ring is 1. The number of rotatable bonds is 11. The Labute approximate surface area is 190 Å². The SMILES string of the molecule is NC(=S)c1ccc(OC(=O)c2ccc(N)cc2OC(=O)CC(CO[N+](=O)[O-])O[N+](=O)[O-])cc1. The first-order valence-electron chi connectivity index (χ1n) is 8.86. The number of hydrogen-bond donors (Lipinski definition) is 2. The van der Waals surface area contributed by atoms with Crippen molar-refractivity contribution in [2.75, 3.05) is 12.3 Å². The van der Waals surface area contributed by atoms with Crippen LogP contribution in [0.15, 0.2) is 42.5 Å². The minimum Gasteiger partial charge on any atom is -0.425 e. The molecule has 0 heterocycles. The lowest BCUT2D eigenvalue weighted by molar-refractivity contribution is -0.789. The quantitative estimate of drug-likeness (QED) is 0.116. The standard InChI is InChI=1S/C18H16N4O10S/c19-11-3-6-14(18(24)30-12-4-1-10(2-5-12)17(20)33)15(7-11)31-16(23)8-13(32-22(27)28)9-29-21(25)26/h1-7,13H,8-9,19H2,(H2,20,33). The summed E-state index contributed by atoms with van der Waals surface area (Å²) >= 11 is 4.84. The molecule has 174 valence electrons. The molecule has 0 aliphatic rings. The van der Waals surface area contributed by atoms with E-state index in [4.69, 9.17) is 33.2 Å². The Bertz CT molecular complexity index is 1080. The Morgan fingerprint density at radius 1 is 1.03 bits per heavy atom. The highest BCUT2D eigenvalue weighted by atomic mass is 32.1. The summed E-state index contributed by atoms with van der Waals surface area (Å²) in [6, 6.07) is 9.72. The van der Waals surface area contributed by atoms with Crippen LogP contribution in [0.25, 0.3) is 0 Å². The Morgan fingerprint density at radius 3 is 2.27 bits per heavy atom. The highest BCUT2D eigenvalue weighted by Crippen LogP contribution is 2.25. The first-order chi connectivity index (χ1) is 15.5. The third kappa shape index (κ3) is 7.91. The zero-order valence-electron chi connectivity index (χ0n) is 16.6. The van der Waals surface area contributed by atoms with Crippen molar-refractivity contribution in [3.05, 3.63) is 73.8 Å². The number of nitrogens with two attached hydrogens (primary N) is 2. The van der Waals surface area contributed by atoms with E-state index in [9.17, 15) is 29.8 Å². The summed E-state index contributed by atoms with van der Waals surface area (Å²) in [6.45, 7) is -0.906. The van der Waals surface area contributed by atoms with E-state index in [1.807, 2.05) is 0 Å². The number of nitrogens with zero attached hydrogens (tertiary/aromatic N) is 2. The normalized spacial score (nSPS) is 11.0. The molecule has 0 aromatic heterocycles.